The second-order valence-corrected chi connectivity index (χ2v) is 5.47. The van der Waals surface area contributed by atoms with Crippen LogP contribution in [0.5, 0.6) is 11.5 Å². The second kappa shape index (κ2) is 7.17. The lowest BCUT2D eigenvalue weighted by Crippen LogP contribution is -2.31. The summed E-state index contributed by atoms with van der Waals surface area (Å²) in [5.74, 6) is 0.816. The molecule has 0 aromatic heterocycles. The molecule has 0 bridgehead atoms. The summed E-state index contributed by atoms with van der Waals surface area (Å²) in [6.45, 7) is 0.529. The van der Waals surface area contributed by atoms with Gasteiger partial charge in [-0.3, -0.25) is 19.5 Å². The average Bonchev–Trinajstić information content (AvgIpc) is 2.90. The molecule has 6 nitrogen and oxygen atoms in total. The van der Waals surface area contributed by atoms with Crippen LogP contribution >= 0.6 is 0 Å². The number of amides is 2. The molecule has 0 N–H and O–H groups in total. The molecule has 25 heavy (non-hydrogen) atoms. The number of benzene rings is 2. The van der Waals surface area contributed by atoms with E-state index >= 15 is 0 Å². The van der Waals surface area contributed by atoms with E-state index in [-0.39, 0.29) is 18.4 Å². The summed E-state index contributed by atoms with van der Waals surface area (Å²) >= 11 is 0. The Morgan fingerprint density at radius 3 is 2.28 bits per heavy atom. The van der Waals surface area contributed by atoms with Gasteiger partial charge >= 0.3 is 0 Å². The summed E-state index contributed by atoms with van der Waals surface area (Å²) in [6, 6.07) is 12.3. The predicted octanol–water partition coefficient (Wildman–Crippen LogP) is 2.57. The molecule has 2 amide bonds. The summed E-state index contributed by atoms with van der Waals surface area (Å²) in [7, 11) is 3.18. The number of fused-ring (bicyclic) bond motifs is 1. The highest BCUT2D eigenvalue weighted by molar-refractivity contribution is 6.22. The fraction of sp³-hybridized carbons (Fsp3) is 0.211. The Bertz CT molecular complexity index is 810. The van der Waals surface area contributed by atoms with Gasteiger partial charge in [-0.15, -0.1) is 0 Å². The molecule has 1 aliphatic heterocycles. The summed E-state index contributed by atoms with van der Waals surface area (Å²) in [4.78, 5) is 30.0. The highest BCUT2D eigenvalue weighted by Gasteiger charge is 2.34. The topological polar surface area (TPSA) is 68.2 Å². The number of carbonyl (C=O) groups is 2. The molecule has 0 saturated carbocycles. The zero-order valence-electron chi connectivity index (χ0n) is 14.1. The number of rotatable bonds is 6. The Morgan fingerprint density at radius 1 is 1.00 bits per heavy atom. The van der Waals surface area contributed by atoms with E-state index in [1.165, 1.54) is 4.90 Å². The van der Waals surface area contributed by atoms with Gasteiger partial charge in [0.05, 0.1) is 38.4 Å². The highest BCUT2D eigenvalue weighted by Crippen LogP contribution is 2.25. The Kier molecular flexibility index (Phi) is 4.79. The van der Waals surface area contributed by atoms with Crippen molar-refractivity contribution in [2.75, 3.05) is 20.8 Å². The van der Waals surface area contributed by atoms with Crippen molar-refractivity contribution in [3.63, 3.8) is 0 Å². The molecular formula is C19H18N2O4. The van der Waals surface area contributed by atoms with Gasteiger partial charge in [0.2, 0.25) is 0 Å². The van der Waals surface area contributed by atoms with Gasteiger partial charge in [-0.25, -0.2) is 0 Å². The third-order valence-corrected chi connectivity index (χ3v) is 4.03. The van der Waals surface area contributed by atoms with Crippen molar-refractivity contribution in [3.05, 3.63) is 59.2 Å². The number of methoxy groups -OCH3 is 2. The number of imide groups is 1. The van der Waals surface area contributed by atoms with Gasteiger partial charge < -0.3 is 9.47 Å². The monoisotopic (exact) mass is 338 g/mol. The van der Waals surface area contributed by atoms with Crippen LogP contribution in [-0.2, 0) is 6.54 Å². The molecule has 128 valence electrons. The van der Waals surface area contributed by atoms with Crippen molar-refractivity contribution in [2.24, 2.45) is 4.99 Å². The first-order chi connectivity index (χ1) is 12.2. The van der Waals surface area contributed by atoms with Gasteiger partial charge in [-0.1, -0.05) is 12.1 Å². The quantitative estimate of drug-likeness (QED) is 0.600. The summed E-state index contributed by atoms with van der Waals surface area (Å²) in [5, 5.41) is 0. The molecule has 0 atom stereocenters. The van der Waals surface area contributed by atoms with E-state index in [9.17, 15) is 9.59 Å². The van der Waals surface area contributed by atoms with E-state index < -0.39 is 0 Å². The predicted molar refractivity (Wildman–Crippen MR) is 93.6 cm³/mol. The van der Waals surface area contributed by atoms with Gasteiger partial charge in [0.25, 0.3) is 11.8 Å². The Hall–Kier alpha value is -3.15. The zero-order valence-corrected chi connectivity index (χ0v) is 14.1. The first kappa shape index (κ1) is 16.7. The third-order valence-electron chi connectivity index (χ3n) is 4.03. The van der Waals surface area contributed by atoms with Crippen LogP contribution in [0.2, 0.25) is 0 Å². The lowest BCUT2D eigenvalue weighted by Gasteiger charge is -2.10. The molecule has 2 aromatic rings. The van der Waals surface area contributed by atoms with Crippen LogP contribution in [0.15, 0.2) is 47.5 Å². The molecule has 6 heteroatoms. The number of nitrogens with zero attached hydrogens (tertiary/aromatic N) is 2. The molecule has 0 saturated heterocycles. The van der Waals surface area contributed by atoms with Gasteiger partial charge in [0, 0.05) is 17.8 Å². The number of hydrogen-bond acceptors (Lipinski definition) is 5. The molecule has 0 aliphatic carbocycles. The van der Waals surface area contributed by atoms with Crippen LogP contribution in [0, 0.1) is 0 Å². The van der Waals surface area contributed by atoms with Crippen molar-refractivity contribution in [3.8, 4) is 11.5 Å². The molecule has 0 unspecified atom stereocenters. The molecule has 0 fully saturated rings. The van der Waals surface area contributed by atoms with E-state index in [0.717, 1.165) is 5.56 Å². The Morgan fingerprint density at radius 2 is 1.68 bits per heavy atom. The van der Waals surface area contributed by atoms with E-state index in [0.29, 0.717) is 29.2 Å². The SMILES string of the molecule is COc1ccc(CN=CCN2C(=O)c3ccccc3C2=O)c(OC)c1. The minimum Gasteiger partial charge on any atom is -0.497 e. The van der Waals surface area contributed by atoms with Crippen molar-refractivity contribution in [2.45, 2.75) is 6.54 Å². The van der Waals surface area contributed by atoms with E-state index in [1.54, 1.807) is 50.8 Å². The van der Waals surface area contributed by atoms with Crippen molar-refractivity contribution < 1.29 is 19.1 Å². The molecule has 2 aromatic carbocycles. The van der Waals surface area contributed by atoms with Gasteiger partial charge in [-0.05, 0) is 24.3 Å². The molecular weight excluding hydrogens is 320 g/mol. The van der Waals surface area contributed by atoms with Gasteiger partial charge in [-0.2, -0.15) is 0 Å². The fourth-order valence-electron chi connectivity index (χ4n) is 2.69. The first-order valence-electron chi connectivity index (χ1n) is 7.80. The van der Waals surface area contributed by atoms with Crippen LogP contribution in [0.25, 0.3) is 0 Å². The minimum atomic E-state index is -0.283. The van der Waals surface area contributed by atoms with Crippen LogP contribution < -0.4 is 9.47 Å². The van der Waals surface area contributed by atoms with E-state index in [4.69, 9.17) is 9.47 Å². The molecule has 0 radical (unpaired) electrons. The largest absolute Gasteiger partial charge is 0.497 e. The van der Waals surface area contributed by atoms with Crippen molar-refractivity contribution >= 4 is 18.0 Å². The third kappa shape index (κ3) is 3.24. The lowest BCUT2D eigenvalue weighted by atomic mass is 10.1. The number of hydrogen-bond donors (Lipinski definition) is 0. The standard InChI is InChI=1S/C19H18N2O4/c1-24-14-8-7-13(17(11-14)25-2)12-20-9-10-21-18(22)15-5-3-4-6-16(15)19(21)23/h3-9,11H,10,12H2,1-2H3. The van der Waals surface area contributed by atoms with Crippen molar-refractivity contribution in [1.29, 1.82) is 0 Å². The average molecular weight is 338 g/mol. The number of carbonyl (C=O) groups excluding carboxylic acids is 2. The summed E-state index contributed by atoms with van der Waals surface area (Å²) in [6.07, 6.45) is 1.57. The molecule has 1 heterocycles. The molecule has 1 aliphatic rings. The normalized spacial score (nSPS) is 13.4. The number of aliphatic imine (C=N–C) groups is 1. The molecule has 3 rings (SSSR count). The van der Waals surface area contributed by atoms with Crippen LogP contribution in [0.4, 0.5) is 0 Å². The highest BCUT2D eigenvalue weighted by atomic mass is 16.5. The van der Waals surface area contributed by atoms with Crippen LogP contribution in [0.3, 0.4) is 0 Å². The Balaban J connectivity index is 1.65. The van der Waals surface area contributed by atoms with Gasteiger partial charge in [0.15, 0.2) is 0 Å². The number of ether oxygens (including phenoxy) is 2. The Labute approximate surface area is 145 Å². The second-order valence-electron chi connectivity index (χ2n) is 5.47. The lowest BCUT2D eigenvalue weighted by molar-refractivity contribution is 0.0679. The molecule has 0 spiro atoms. The summed E-state index contributed by atoms with van der Waals surface area (Å²) < 4.78 is 10.5. The van der Waals surface area contributed by atoms with E-state index in [1.807, 2.05) is 12.1 Å². The smallest absolute Gasteiger partial charge is 0.261 e. The maximum absolute atomic E-state index is 12.3. The fourth-order valence-corrected chi connectivity index (χ4v) is 2.69. The maximum Gasteiger partial charge on any atom is 0.261 e. The van der Waals surface area contributed by atoms with Gasteiger partial charge in [0.1, 0.15) is 11.5 Å². The minimum absolute atomic E-state index is 0.144. The first-order valence-corrected chi connectivity index (χ1v) is 7.80. The van der Waals surface area contributed by atoms with E-state index in [2.05, 4.69) is 4.99 Å². The zero-order chi connectivity index (χ0) is 17.8. The van der Waals surface area contributed by atoms with Crippen LogP contribution in [0.1, 0.15) is 26.3 Å². The van der Waals surface area contributed by atoms with Crippen LogP contribution in [-0.4, -0.2) is 43.7 Å². The summed E-state index contributed by atoms with van der Waals surface area (Å²) in [5.41, 5.74) is 1.78. The maximum atomic E-state index is 12.3. The van der Waals surface area contributed by atoms with Crippen molar-refractivity contribution in [1.82, 2.24) is 4.90 Å².